The van der Waals surface area contributed by atoms with E-state index >= 15 is 0 Å². The average Bonchev–Trinajstić information content (AvgIpc) is 1.99. The maximum atomic E-state index is 10.9. The van der Waals surface area contributed by atoms with Crippen molar-refractivity contribution in [1.82, 2.24) is 0 Å². The van der Waals surface area contributed by atoms with E-state index in [9.17, 15) is 4.79 Å². The lowest BCUT2D eigenvalue weighted by Gasteiger charge is -2.00. The maximum Gasteiger partial charge on any atom is 0.181 e. The molecule has 0 aliphatic heterocycles. The fourth-order valence-corrected chi connectivity index (χ4v) is 2.21. The number of Topliss-reactive ketones (excluding diaryl/α,β-unsaturated/α-hetero) is 1. The fourth-order valence-electron chi connectivity index (χ4n) is 0.738. The summed E-state index contributed by atoms with van der Waals surface area (Å²) >= 11 is 0. The third-order valence-corrected chi connectivity index (χ3v) is 3.94. The molecule has 2 heteroatoms. The maximum absolute atomic E-state index is 10.9. The van der Waals surface area contributed by atoms with Crippen LogP contribution in [-0.4, -0.2) is 23.0 Å². The quantitative estimate of drug-likeness (QED) is 0.560. The number of ketones is 1. The van der Waals surface area contributed by atoms with E-state index in [1.807, 2.05) is 6.92 Å². The van der Waals surface area contributed by atoms with Crippen molar-refractivity contribution in [2.45, 2.75) is 27.2 Å². The lowest BCUT2D eigenvalue weighted by molar-refractivity contribution is -0.116. The lowest BCUT2D eigenvalue weighted by Crippen LogP contribution is -2.19. The Morgan fingerprint density at radius 3 is 2.00 bits per heavy atom. The number of hydrogen-bond donors (Lipinski definition) is 0. The Bertz CT molecular complexity index is 97.4. The van der Waals surface area contributed by atoms with E-state index in [1.165, 1.54) is 11.5 Å². The molecular formula is C8H17OS+. The van der Waals surface area contributed by atoms with Gasteiger partial charge in [0.25, 0.3) is 0 Å². The molecule has 0 aromatic rings. The molecule has 10 heavy (non-hydrogen) atoms. The van der Waals surface area contributed by atoms with Crippen LogP contribution in [0.3, 0.4) is 0 Å². The number of rotatable bonds is 5. The monoisotopic (exact) mass is 161 g/mol. The summed E-state index contributed by atoms with van der Waals surface area (Å²) in [4.78, 5) is 10.9. The van der Waals surface area contributed by atoms with Gasteiger partial charge in [0.15, 0.2) is 11.5 Å². The largest absolute Gasteiger partial charge is 0.294 e. The number of carbonyl (C=O) groups excluding carboxylic acids is 1. The van der Waals surface area contributed by atoms with E-state index in [0.717, 1.165) is 5.75 Å². The first-order valence-electron chi connectivity index (χ1n) is 3.90. The van der Waals surface area contributed by atoms with Gasteiger partial charge in [0, 0.05) is 6.42 Å². The van der Waals surface area contributed by atoms with Crippen LogP contribution in [0.4, 0.5) is 0 Å². The van der Waals surface area contributed by atoms with E-state index in [2.05, 4.69) is 13.8 Å². The molecule has 1 nitrogen and oxygen atoms in total. The molecule has 0 rings (SSSR count). The van der Waals surface area contributed by atoms with Crippen LogP contribution in [0.1, 0.15) is 27.2 Å². The van der Waals surface area contributed by atoms with Gasteiger partial charge in [0.1, 0.15) is 11.5 Å². The molecule has 0 amide bonds. The molecule has 0 saturated heterocycles. The first-order chi connectivity index (χ1) is 4.74. The predicted octanol–water partition coefficient (Wildman–Crippen LogP) is 1.62. The Morgan fingerprint density at radius 2 is 1.70 bits per heavy atom. The average molecular weight is 161 g/mol. The second-order valence-corrected chi connectivity index (χ2v) is 4.89. The molecule has 0 bridgehead atoms. The summed E-state index contributed by atoms with van der Waals surface area (Å²) in [6, 6.07) is 0. The molecule has 0 radical (unpaired) electrons. The summed E-state index contributed by atoms with van der Waals surface area (Å²) in [5.41, 5.74) is 0. The number of carbonyl (C=O) groups is 1. The highest BCUT2D eigenvalue weighted by Crippen LogP contribution is 1.97. The molecule has 0 fully saturated rings. The minimum atomic E-state index is 0.382. The van der Waals surface area contributed by atoms with Crippen molar-refractivity contribution in [2.75, 3.05) is 17.3 Å². The van der Waals surface area contributed by atoms with E-state index in [1.54, 1.807) is 0 Å². The summed E-state index contributed by atoms with van der Waals surface area (Å²) in [7, 11) is 0.382. The Balaban J connectivity index is 3.52. The SMILES string of the molecule is CCC(=O)C[S+](CC)CC. The van der Waals surface area contributed by atoms with Crippen molar-refractivity contribution in [3.63, 3.8) is 0 Å². The smallest absolute Gasteiger partial charge is 0.181 e. The van der Waals surface area contributed by atoms with Gasteiger partial charge in [0.05, 0.1) is 0 Å². The van der Waals surface area contributed by atoms with Crippen LogP contribution < -0.4 is 0 Å². The Kier molecular flexibility index (Phi) is 5.79. The Hall–Kier alpha value is 0.0200. The minimum Gasteiger partial charge on any atom is -0.294 e. The topological polar surface area (TPSA) is 17.1 Å². The lowest BCUT2D eigenvalue weighted by atomic mass is 10.4. The number of hydrogen-bond acceptors (Lipinski definition) is 1. The van der Waals surface area contributed by atoms with Gasteiger partial charge in [-0.1, -0.05) is 6.92 Å². The van der Waals surface area contributed by atoms with Crippen molar-refractivity contribution >= 4 is 16.7 Å². The van der Waals surface area contributed by atoms with Gasteiger partial charge in [-0.2, -0.15) is 0 Å². The molecule has 0 heterocycles. The van der Waals surface area contributed by atoms with Gasteiger partial charge in [0.2, 0.25) is 0 Å². The second kappa shape index (κ2) is 5.78. The van der Waals surface area contributed by atoms with Crippen molar-refractivity contribution in [3.8, 4) is 0 Å². The third-order valence-electron chi connectivity index (χ3n) is 1.58. The van der Waals surface area contributed by atoms with Gasteiger partial charge >= 0.3 is 0 Å². The highest BCUT2D eigenvalue weighted by molar-refractivity contribution is 7.97. The van der Waals surface area contributed by atoms with Crippen LogP contribution in [0.5, 0.6) is 0 Å². The molecule has 0 aromatic carbocycles. The summed E-state index contributed by atoms with van der Waals surface area (Å²) in [6.07, 6.45) is 0.712. The van der Waals surface area contributed by atoms with Crippen LogP contribution in [-0.2, 0) is 15.7 Å². The highest BCUT2D eigenvalue weighted by atomic mass is 32.2. The standard InChI is InChI=1S/C8H17OS/c1-4-8(9)7-10(5-2)6-3/h4-7H2,1-3H3/q+1. The molecule has 0 atom stereocenters. The van der Waals surface area contributed by atoms with E-state index in [4.69, 9.17) is 0 Å². The zero-order valence-electron chi connectivity index (χ0n) is 7.14. The third kappa shape index (κ3) is 3.94. The van der Waals surface area contributed by atoms with Crippen molar-refractivity contribution in [2.24, 2.45) is 0 Å². The van der Waals surface area contributed by atoms with Crippen LogP contribution in [0.15, 0.2) is 0 Å². The summed E-state index contributed by atoms with van der Waals surface area (Å²) < 4.78 is 0. The van der Waals surface area contributed by atoms with Crippen molar-refractivity contribution in [3.05, 3.63) is 0 Å². The normalized spacial score (nSPS) is 10.4. The molecular weight excluding hydrogens is 144 g/mol. The summed E-state index contributed by atoms with van der Waals surface area (Å²) in [5, 5.41) is 0. The van der Waals surface area contributed by atoms with Crippen LogP contribution in [0, 0.1) is 0 Å². The van der Waals surface area contributed by atoms with Gasteiger partial charge in [-0.15, -0.1) is 0 Å². The minimum absolute atomic E-state index is 0.382. The molecule has 0 aromatic heterocycles. The molecule has 0 spiro atoms. The zero-order valence-corrected chi connectivity index (χ0v) is 7.96. The molecule has 60 valence electrons. The Labute approximate surface area is 66.5 Å². The van der Waals surface area contributed by atoms with Crippen LogP contribution in [0.25, 0.3) is 0 Å². The van der Waals surface area contributed by atoms with Gasteiger partial charge in [-0.25, -0.2) is 0 Å². The molecule has 0 aliphatic rings. The Morgan fingerprint density at radius 1 is 1.20 bits per heavy atom. The highest BCUT2D eigenvalue weighted by Gasteiger charge is 2.15. The van der Waals surface area contributed by atoms with Crippen molar-refractivity contribution < 1.29 is 4.79 Å². The van der Waals surface area contributed by atoms with E-state index in [-0.39, 0.29) is 0 Å². The molecule has 0 N–H and O–H groups in total. The zero-order chi connectivity index (χ0) is 7.98. The fraction of sp³-hybridized carbons (Fsp3) is 0.875. The van der Waals surface area contributed by atoms with Crippen LogP contribution in [0.2, 0.25) is 0 Å². The second-order valence-electron chi connectivity index (χ2n) is 2.23. The molecule has 0 aliphatic carbocycles. The van der Waals surface area contributed by atoms with E-state index in [0.29, 0.717) is 23.1 Å². The molecule has 0 saturated carbocycles. The van der Waals surface area contributed by atoms with Gasteiger partial charge < -0.3 is 0 Å². The van der Waals surface area contributed by atoms with E-state index < -0.39 is 0 Å². The summed E-state index contributed by atoms with van der Waals surface area (Å²) in [6.45, 7) is 6.26. The van der Waals surface area contributed by atoms with Crippen LogP contribution >= 0.6 is 0 Å². The van der Waals surface area contributed by atoms with Gasteiger partial charge in [-0.05, 0) is 24.7 Å². The van der Waals surface area contributed by atoms with Gasteiger partial charge in [-0.3, -0.25) is 4.79 Å². The van der Waals surface area contributed by atoms with Crippen molar-refractivity contribution in [1.29, 1.82) is 0 Å². The first-order valence-corrected chi connectivity index (χ1v) is 5.63. The first kappa shape index (κ1) is 10.0. The summed E-state index contributed by atoms with van der Waals surface area (Å²) in [5.74, 6) is 3.58. The predicted molar refractivity (Wildman–Crippen MR) is 48.6 cm³/mol. The molecule has 0 unspecified atom stereocenters.